The molecule has 0 heterocycles. The van der Waals surface area contributed by atoms with Gasteiger partial charge in [0.25, 0.3) is 0 Å². The van der Waals surface area contributed by atoms with Gasteiger partial charge in [0.2, 0.25) is 5.91 Å². The van der Waals surface area contributed by atoms with Gasteiger partial charge >= 0.3 is 0 Å². The minimum atomic E-state index is 0.184. The van der Waals surface area contributed by atoms with E-state index in [-0.39, 0.29) is 5.91 Å². The molecule has 0 spiro atoms. The highest BCUT2D eigenvalue weighted by Crippen LogP contribution is 2.35. The second kappa shape index (κ2) is 4.69. The van der Waals surface area contributed by atoms with Gasteiger partial charge in [0.1, 0.15) is 0 Å². The van der Waals surface area contributed by atoms with Crippen LogP contribution in [0.1, 0.15) is 32.3 Å². The largest absolute Gasteiger partial charge is 0.336 e. The summed E-state index contributed by atoms with van der Waals surface area (Å²) in [5.41, 5.74) is 1.21. The number of carbonyl (C=O) groups is 1. The summed E-state index contributed by atoms with van der Waals surface area (Å²) >= 11 is 0. The van der Waals surface area contributed by atoms with Gasteiger partial charge in [0, 0.05) is 19.5 Å². The molecule has 2 rings (SSSR count). The van der Waals surface area contributed by atoms with Crippen molar-refractivity contribution in [1.82, 2.24) is 4.90 Å². The lowest BCUT2D eigenvalue weighted by atomic mass is 10.1. The molecule has 1 aromatic rings. The molecule has 0 aliphatic heterocycles. The zero-order valence-corrected chi connectivity index (χ0v) is 10.0. The lowest BCUT2D eigenvalue weighted by Crippen LogP contribution is -2.37. The Labute approximate surface area is 97.3 Å². The second-order valence-corrected chi connectivity index (χ2v) is 4.71. The first-order valence-electron chi connectivity index (χ1n) is 5.99. The van der Waals surface area contributed by atoms with Gasteiger partial charge in [-0.1, -0.05) is 30.3 Å². The van der Waals surface area contributed by atoms with Gasteiger partial charge in [0.05, 0.1) is 0 Å². The average molecular weight is 217 g/mol. The summed E-state index contributed by atoms with van der Waals surface area (Å²) < 4.78 is 0. The van der Waals surface area contributed by atoms with Crippen molar-refractivity contribution in [3.63, 3.8) is 0 Å². The van der Waals surface area contributed by atoms with Crippen LogP contribution in [0.5, 0.6) is 0 Å². The molecule has 1 unspecified atom stereocenters. The average Bonchev–Trinajstić information content (AvgIpc) is 3.10. The fourth-order valence-corrected chi connectivity index (χ4v) is 2.16. The van der Waals surface area contributed by atoms with Crippen LogP contribution in [0.3, 0.4) is 0 Å². The monoisotopic (exact) mass is 217 g/mol. The molecule has 1 aliphatic rings. The highest BCUT2D eigenvalue weighted by Gasteiger charge is 2.33. The van der Waals surface area contributed by atoms with E-state index < -0.39 is 0 Å². The maximum Gasteiger partial charge on any atom is 0.219 e. The van der Waals surface area contributed by atoms with Crippen molar-refractivity contribution in [2.75, 3.05) is 0 Å². The number of benzene rings is 1. The third-order valence-corrected chi connectivity index (χ3v) is 3.40. The molecule has 0 N–H and O–H groups in total. The van der Waals surface area contributed by atoms with Crippen LogP contribution in [0.2, 0.25) is 0 Å². The van der Waals surface area contributed by atoms with E-state index in [4.69, 9.17) is 0 Å². The second-order valence-electron chi connectivity index (χ2n) is 4.71. The summed E-state index contributed by atoms with van der Waals surface area (Å²) in [6, 6.07) is 10.6. The normalized spacial score (nSPS) is 16.9. The van der Waals surface area contributed by atoms with E-state index in [1.165, 1.54) is 18.4 Å². The maximum atomic E-state index is 11.6. The molecule has 0 bridgehead atoms. The third kappa shape index (κ3) is 2.63. The number of hydrogen-bond donors (Lipinski definition) is 0. The van der Waals surface area contributed by atoms with Crippen molar-refractivity contribution in [2.45, 2.75) is 39.3 Å². The number of rotatable bonds is 4. The Morgan fingerprint density at radius 1 is 1.38 bits per heavy atom. The summed E-state index contributed by atoms with van der Waals surface area (Å²) in [5.74, 6) is 0.913. The smallest absolute Gasteiger partial charge is 0.219 e. The Kier molecular flexibility index (Phi) is 3.28. The Hall–Kier alpha value is -1.31. The topological polar surface area (TPSA) is 20.3 Å². The Bertz CT molecular complexity index is 356. The summed E-state index contributed by atoms with van der Waals surface area (Å²) in [6.45, 7) is 4.58. The van der Waals surface area contributed by atoms with Gasteiger partial charge in [-0.3, -0.25) is 4.79 Å². The van der Waals surface area contributed by atoms with Gasteiger partial charge in [-0.05, 0) is 31.2 Å². The van der Waals surface area contributed by atoms with Gasteiger partial charge < -0.3 is 4.90 Å². The molecule has 16 heavy (non-hydrogen) atoms. The Morgan fingerprint density at radius 2 is 2.00 bits per heavy atom. The Balaban J connectivity index is 2.05. The van der Waals surface area contributed by atoms with E-state index in [2.05, 4.69) is 19.1 Å². The summed E-state index contributed by atoms with van der Waals surface area (Å²) in [6.07, 6.45) is 2.56. The fraction of sp³-hybridized carbons (Fsp3) is 0.500. The molecule has 2 nitrogen and oxygen atoms in total. The quantitative estimate of drug-likeness (QED) is 0.759. The zero-order valence-electron chi connectivity index (χ0n) is 10.0. The molecule has 86 valence electrons. The minimum Gasteiger partial charge on any atom is -0.336 e. The predicted molar refractivity (Wildman–Crippen MR) is 64.9 cm³/mol. The van der Waals surface area contributed by atoms with E-state index in [9.17, 15) is 4.79 Å². The predicted octanol–water partition coefficient (Wildman–Crippen LogP) is 2.83. The van der Waals surface area contributed by atoms with E-state index in [0.717, 1.165) is 12.5 Å². The van der Waals surface area contributed by atoms with Gasteiger partial charge in [-0.25, -0.2) is 0 Å². The lowest BCUT2D eigenvalue weighted by molar-refractivity contribution is -0.131. The first kappa shape index (κ1) is 11.2. The highest BCUT2D eigenvalue weighted by atomic mass is 16.2. The van der Waals surface area contributed by atoms with Crippen LogP contribution in [-0.4, -0.2) is 16.8 Å². The van der Waals surface area contributed by atoms with Crippen LogP contribution < -0.4 is 0 Å². The van der Waals surface area contributed by atoms with Crippen LogP contribution in [0.15, 0.2) is 30.3 Å². The molecule has 2 heteroatoms. The van der Waals surface area contributed by atoms with Crippen LogP contribution in [-0.2, 0) is 11.3 Å². The van der Waals surface area contributed by atoms with Crippen molar-refractivity contribution in [2.24, 2.45) is 5.92 Å². The van der Waals surface area contributed by atoms with E-state index in [1.54, 1.807) is 6.92 Å². The first-order valence-corrected chi connectivity index (χ1v) is 5.99. The molecule has 0 radical (unpaired) electrons. The van der Waals surface area contributed by atoms with Gasteiger partial charge in [-0.2, -0.15) is 0 Å². The third-order valence-electron chi connectivity index (χ3n) is 3.40. The molecule has 1 atom stereocenters. The van der Waals surface area contributed by atoms with Crippen LogP contribution >= 0.6 is 0 Å². The molecular weight excluding hydrogens is 198 g/mol. The molecule has 1 saturated carbocycles. The highest BCUT2D eigenvalue weighted by molar-refractivity contribution is 5.73. The van der Waals surface area contributed by atoms with Crippen LogP contribution in [0, 0.1) is 5.92 Å². The Morgan fingerprint density at radius 3 is 2.50 bits per heavy atom. The maximum absolute atomic E-state index is 11.6. The fourth-order valence-electron chi connectivity index (χ4n) is 2.16. The van der Waals surface area contributed by atoms with Crippen molar-refractivity contribution in [3.8, 4) is 0 Å². The van der Waals surface area contributed by atoms with Crippen LogP contribution in [0.4, 0.5) is 0 Å². The summed E-state index contributed by atoms with van der Waals surface area (Å²) in [5, 5.41) is 0. The number of nitrogens with zero attached hydrogens (tertiary/aromatic N) is 1. The van der Waals surface area contributed by atoms with E-state index in [0.29, 0.717) is 6.04 Å². The minimum absolute atomic E-state index is 0.184. The standard InChI is InChI=1S/C14H19NO/c1-11(14-8-9-14)15(12(2)16)10-13-6-4-3-5-7-13/h3-7,11,14H,8-10H2,1-2H3. The molecule has 1 amide bonds. The molecule has 0 saturated heterocycles. The zero-order chi connectivity index (χ0) is 11.5. The number of amides is 1. The van der Waals surface area contributed by atoms with Gasteiger partial charge in [-0.15, -0.1) is 0 Å². The van der Waals surface area contributed by atoms with Crippen molar-refractivity contribution in [3.05, 3.63) is 35.9 Å². The van der Waals surface area contributed by atoms with Crippen molar-refractivity contribution >= 4 is 5.91 Å². The number of hydrogen-bond acceptors (Lipinski definition) is 1. The molecular formula is C14H19NO. The van der Waals surface area contributed by atoms with Crippen molar-refractivity contribution < 1.29 is 4.79 Å². The SMILES string of the molecule is CC(=O)N(Cc1ccccc1)C(C)C1CC1. The summed E-state index contributed by atoms with van der Waals surface area (Å²) in [7, 11) is 0. The molecule has 1 aromatic carbocycles. The molecule has 1 fully saturated rings. The molecule has 0 aromatic heterocycles. The summed E-state index contributed by atoms with van der Waals surface area (Å²) in [4.78, 5) is 13.6. The number of carbonyl (C=O) groups excluding carboxylic acids is 1. The molecule has 1 aliphatic carbocycles. The van der Waals surface area contributed by atoms with Crippen LogP contribution in [0.25, 0.3) is 0 Å². The van der Waals surface area contributed by atoms with Gasteiger partial charge in [0.15, 0.2) is 0 Å². The van der Waals surface area contributed by atoms with E-state index >= 15 is 0 Å². The van der Waals surface area contributed by atoms with E-state index in [1.807, 2.05) is 23.1 Å². The van der Waals surface area contributed by atoms with Crippen molar-refractivity contribution in [1.29, 1.82) is 0 Å². The lowest BCUT2D eigenvalue weighted by Gasteiger charge is -2.28. The first-order chi connectivity index (χ1) is 7.68.